The van der Waals surface area contributed by atoms with Crippen LogP contribution in [-0.4, -0.2) is 0 Å². The van der Waals surface area contributed by atoms with Gasteiger partial charge in [0.05, 0.1) is 5.69 Å². The van der Waals surface area contributed by atoms with Gasteiger partial charge in [-0.15, -0.1) is 24.0 Å². The average molecular weight is 199 g/mol. The first-order chi connectivity index (χ1) is 5.70. The van der Waals surface area contributed by atoms with Crippen LogP contribution in [0.4, 0.5) is 10.1 Å². The van der Waals surface area contributed by atoms with Crippen molar-refractivity contribution in [2.45, 2.75) is 4.90 Å². The summed E-state index contributed by atoms with van der Waals surface area (Å²) in [7, 11) is 0. The van der Waals surface area contributed by atoms with Gasteiger partial charge < -0.3 is 5.73 Å². The van der Waals surface area contributed by atoms with E-state index >= 15 is 0 Å². The highest BCUT2D eigenvalue weighted by molar-refractivity contribution is 7.81. The Kier molecular flexibility index (Phi) is 1.73. The monoisotopic (exact) mass is 199 g/mol. The number of benzene rings is 1. The lowest BCUT2D eigenvalue weighted by Gasteiger charge is -2.01. The number of nitrogens with two attached hydrogens (primary N) is 1. The lowest BCUT2D eigenvalue weighted by molar-refractivity contribution is 0.632. The van der Waals surface area contributed by atoms with E-state index in [4.69, 9.17) is 5.73 Å². The van der Waals surface area contributed by atoms with Crippen LogP contribution in [-0.2, 0) is 0 Å². The fraction of sp³-hybridized carbons (Fsp3) is 0. The van der Waals surface area contributed by atoms with Gasteiger partial charge >= 0.3 is 0 Å². The van der Waals surface area contributed by atoms with Gasteiger partial charge in [0.25, 0.3) is 0 Å². The molecule has 1 heterocycles. The molecule has 2 aromatic rings. The fourth-order valence-electron chi connectivity index (χ4n) is 1.07. The second-order valence-corrected chi connectivity index (χ2v) is 3.82. The van der Waals surface area contributed by atoms with Crippen LogP contribution in [0.15, 0.2) is 22.4 Å². The van der Waals surface area contributed by atoms with Crippen molar-refractivity contribution in [3.8, 4) is 0 Å². The van der Waals surface area contributed by atoms with E-state index in [0.717, 1.165) is 10.1 Å². The second-order valence-electron chi connectivity index (χ2n) is 2.46. The molecule has 12 heavy (non-hydrogen) atoms. The molecule has 0 spiro atoms. The predicted octanol–water partition coefficient (Wildman–Crippen LogP) is 2.91. The van der Waals surface area contributed by atoms with Crippen LogP contribution in [0.2, 0.25) is 0 Å². The van der Waals surface area contributed by atoms with Gasteiger partial charge in [0.15, 0.2) is 0 Å². The number of nitrogen functional groups attached to an aromatic ring is 1. The number of halogens is 1. The Morgan fingerprint density at radius 2 is 2.25 bits per heavy atom. The van der Waals surface area contributed by atoms with Crippen molar-refractivity contribution in [3.05, 3.63) is 23.3 Å². The summed E-state index contributed by atoms with van der Waals surface area (Å²) in [5.41, 5.74) is 5.60. The predicted molar refractivity (Wildman–Crippen MR) is 53.4 cm³/mol. The van der Waals surface area contributed by atoms with E-state index in [9.17, 15) is 4.39 Å². The molecule has 0 bridgehead atoms. The van der Waals surface area contributed by atoms with Crippen LogP contribution >= 0.6 is 24.0 Å². The highest BCUT2D eigenvalue weighted by Crippen LogP contribution is 2.33. The maximum atomic E-state index is 13.0. The molecule has 0 aliphatic rings. The average Bonchev–Trinajstić information content (AvgIpc) is 2.48. The number of rotatable bonds is 0. The Bertz CT molecular complexity index is 436. The van der Waals surface area contributed by atoms with Crippen LogP contribution in [0, 0.1) is 5.82 Å². The maximum Gasteiger partial charge on any atom is 0.147 e. The molecule has 4 heteroatoms. The third kappa shape index (κ3) is 0.990. The zero-order chi connectivity index (χ0) is 8.72. The van der Waals surface area contributed by atoms with Gasteiger partial charge in [0.1, 0.15) is 5.82 Å². The van der Waals surface area contributed by atoms with Crippen molar-refractivity contribution >= 4 is 39.7 Å². The summed E-state index contributed by atoms with van der Waals surface area (Å²) in [6, 6.07) is 3.28. The molecule has 0 fully saturated rings. The van der Waals surface area contributed by atoms with Crippen molar-refractivity contribution in [1.82, 2.24) is 0 Å². The molecule has 62 valence electrons. The number of thiol groups is 1. The van der Waals surface area contributed by atoms with Crippen molar-refractivity contribution in [3.63, 3.8) is 0 Å². The van der Waals surface area contributed by atoms with Crippen molar-refractivity contribution < 1.29 is 4.39 Å². The van der Waals surface area contributed by atoms with Gasteiger partial charge in [-0.1, -0.05) is 0 Å². The van der Waals surface area contributed by atoms with Crippen LogP contribution in [0.5, 0.6) is 0 Å². The molecule has 0 saturated heterocycles. The molecule has 0 radical (unpaired) electrons. The van der Waals surface area contributed by atoms with Crippen LogP contribution < -0.4 is 5.73 Å². The number of thiophene rings is 1. The quantitative estimate of drug-likeness (QED) is 0.495. The van der Waals surface area contributed by atoms with Gasteiger partial charge in [-0.3, -0.25) is 0 Å². The Morgan fingerprint density at radius 1 is 1.50 bits per heavy atom. The number of fused-ring (bicyclic) bond motifs is 1. The van der Waals surface area contributed by atoms with Crippen molar-refractivity contribution in [1.29, 1.82) is 0 Å². The van der Waals surface area contributed by atoms with Gasteiger partial charge in [0.2, 0.25) is 0 Å². The van der Waals surface area contributed by atoms with E-state index in [-0.39, 0.29) is 5.69 Å². The molecule has 0 unspecified atom stereocenters. The summed E-state index contributed by atoms with van der Waals surface area (Å²) in [6.07, 6.45) is 0. The largest absolute Gasteiger partial charge is 0.395 e. The number of hydrogen-bond donors (Lipinski definition) is 2. The van der Waals surface area contributed by atoms with E-state index in [0.29, 0.717) is 4.90 Å². The van der Waals surface area contributed by atoms with Crippen LogP contribution in [0.3, 0.4) is 0 Å². The third-order valence-corrected chi connectivity index (χ3v) is 3.27. The summed E-state index contributed by atoms with van der Waals surface area (Å²) in [5.74, 6) is -0.397. The summed E-state index contributed by atoms with van der Waals surface area (Å²) in [4.78, 5) is 0.542. The zero-order valence-electron chi connectivity index (χ0n) is 6.04. The van der Waals surface area contributed by atoms with Crippen molar-refractivity contribution in [2.24, 2.45) is 0 Å². The molecule has 0 saturated carbocycles. The normalized spacial score (nSPS) is 10.8. The van der Waals surface area contributed by atoms with Gasteiger partial charge in [0, 0.05) is 9.60 Å². The number of anilines is 1. The first kappa shape index (κ1) is 7.89. The molecule has 1 nitrogen and oxygen atoms in total. The minimum absolute atomic E-state index is 0.133. The number of hydrogen-bond acceptors (Lipinski definition) is 3. The molecule has 0 atom stereocenters. The Hall–Kier alpha value is -0.740. The molecule has 0 amide bonds. The summed E-state index contributed by atoms with van der Waals surface area (Å²) >= 11 is 5.66. The first-order valence-electron chi connectivity index (χ1n) is 3.34. The topological polar surface area (TPSA) is 26.0 Å². The third-order valence-electron chi connectivity index (χ3n) is 1.71. The minimum atomic E-state index is -0.397. The minimum Gasteiger partial charge on any atom is -0.395 e. The first-order valence-corrected chi connectivity index (χ1v) is 4.67. The van der Waals surface area contributed by atoms with E-state index in [1.54, 1.807) is 0 Å². The van der Waals surface area contributed by atoms with E-state index in [1.165, 1.54) is 17.4 Å². The van der Waals surface area contributed by atoms with Gasteiger partial charge in [-0.05, 0) is 22.9 Å². The molecular weight excluding hydrogens is 193 g/mol. The molecule has 0 aliphatic heterocycles. The molecule has 1 aromatic heterocycles. The molecule has 1 aromatic carbocycles. The summed E-state index contributed by atoms with van der Waals surface area (Å²) in [6.45, 7) is 0. The highest BCUT2D eigenvalue weighted by Gasteiger charge is 2.08. The smallest absolute Gasteiger partial charge is 0.147 e. The van der Waals surface area contributed by atoms with E-state index in [1.807, 2.05) is 11.4 Å². The van der Waals surface area contributed by atoms with Crippen LogP contribution in [0.1, 0.15) is 0 Å². The Labute approximate surface area is 78.4 Å². The summed E-state index contributed by atoms with van der Waals surface area (Å²) < 4.78 is 14.0. The second kappa shape index (κ2) is 2.64. The Morgan fingerprint density at radius 3 is 3.00 bits per heavy atom. The fourth-order valence-corrected chi connectivity index (χ4v) is 2.30. The molecular formula is C8H6FNS2. The lowest BCUT2D eigenvalue weighted by atomic mass is 10.2. The summed E-state index contributed by atoms with van der Waals surface area (Å²) in [5, 5.41) is 2.75. The lowest BCUT2D eigenvalue weighted by Crippen LogP contribution is -1.91. The SMILES string of the molecule is Nc1c(F)cc2ccsc2c1S. The van der Waals surface area contributed by atoms with Gasteiger partial charge in [-0.2, -0.15) is 0 Å². The van der Waals surface area contributed by atoms with E-state index < -0.39 is 5.82 Å². The highest BCUT2D eigenvalue weighted by atomic mass is 32.1. The van der Waals surface area contributed by atoms with Crippen molar-refractivity contribution in [2.75, 3.05) is 5.73 Å². The molecule has 2 rings (SSSR count). The molecule has 2 N–H and O–H groups in total. The maximum absolute atomic E-state index is 13.0. The molecule has 0 aliphatic carbocycles. The van der Waals surface area contributed by atoms with E-state index in [2.05, 4.69) is 12.6 Å². The zero-order valence-corrected chi connectivity index (χ0v) is 7.75. The van der Waals surface area contributed by atoms with Crippen LogP contribution in [0.25, 0.3) is 10.1 Å². The Balaban J connectivity index is 2.94. The standard InChI is InChI=1S/C8H6FNS2/c9-5-3-4-1-2-12-8(4)7(11)6(5)10/h1-3,11H,10H2. The van der Waals surface area contributed by atoms with Gasteiger partial charge in [-0.25, -0.2) is 4.39 Å².